The molecule has 0 bridgehead atoms. The molecule has 4 aromatic rings. The van der Waals surface area contributed by atoms with Gasteiger partial charge in [-0.05, 0) is 59.7 Å². The van der Waals surface area contributed by atoms with Crippen molar-refractivity contribution in [2.24, 2.45) is 0 Å². The van der Waals surface area contributed by atoms with Gasteiger partial charge in [0.1, 0.15) is 11.6 Å². The summed E-state index contributed by atoms with van der Waals surface area (Å²) in [5.74, 6) is 0.695. The zero-order valence-corrected chi connectivity index (χ0v) is 19.7. The van der Waals surface area contributed by atoms with Crippen LogP contribution in [-0.4, -0.2) is 30.0 Å². The molecule has 3 aromatic carbocycles. The fourth-order valence-corrected chi connectivity index (χ4v) is 3.29. The number of halogens is 2. The molecule has 0 aliphatic rings. The molecule has 0 aliphatic carbocycles. The molecule has 8 heteroatoms. The second kappa shape index (κ2) is 10.8. The molecule has 0 atom stereocenters. The lowest BCUT2D eigenvalue weighted by Gasteiger charge is -2.15. The minimum atomic E-state index is -0.376. The number of anilines is 3. The summed E-state index contributed by atoms with van der Waals surface area (Å²) in [4.78, 5) is 23.5. The summed E-state index contributed by atoms with van der Waals surface area (Å²) in [5.41, 5.74) is 3.92. The zero-order chi connectivity index (χ0) is 23.4. The highest BCUT2D eigenvalue weighted by atomic mass is 35.5. The normalized spacial score (nSPS) is 10.3. The van der Waals surface area contributed by atoms with Gasteiger partial charge in [-0.3, -0.25) is 4.79 Å². The van der Waals surface area contributed by atoms with Gasteiger partial charge in [0.05, 0.1) is 5.52 Å². The monoisotopic (exact) mass is 477 g/mol. The third-order valence-corrected chi connectivity index (χ3v) is 5.12. The number of hydrogen-bond donors (Lipinski definition) is 2. The number of carbonyl (C=O) groups is 1. The van der Waals surface area contributed by atoms with Crippen LogP contribution < -0.4 is 15.5 Å². The van der Waals surface area contributed by atoms with Crippen molar-refractivity contribution in [3.8, 4) is 0 Å². The molecule has 0 aliphatic heterocycles. The Labute approximate surface area is 204 Å². The van der Waals surface area contributed by atoms with Gasteiger partial charge in [-0.15, -0.1) is 12.4 Å². The van der Waals surface area contributed by atoms with Gasteiger partial charge in [0.2, 0.25) is 5.95 Å². The first kappa shape index (κ1) is 24.7. The molecule has 174 valence electrons. The molecule has 34 heavy (non-hydrogen) atoms. The number of fused-ring (bicyclic) bond motifs is 1. The summed E-state index contributed by atoms with van der Waals surface area (Å²) in [7, 11) is 3.81. The van der Waals surface area contributed by atoms with Crippen LogP contribution in [0.1, 0.15) is 21.5 Å². The maximum absolute atomic E-state index is 13.0. The first-order valence-corrected chi connectivity index (χ1v) is 10.4. The van der Waals surface area contributed by atoms with Crippen LogP contribution >= 0.6 is 12.4 Å². The van der Waals surface area contributed by atoms with Crippen LogP contribution in [0.5, 0.6) is 0 Å². The number of benzene rings is 3. The molecule has 1 heterocycles. The predicted octanol–water partition coefficient (Wildman–Crippen LogP) is 5.76. The van der Waals surface area contributed by atoms with E-state index in [0.717, 1.165) is 27.8 Å². The van der Waals surface area contributed by atoms with E-state index in [1.54, 1.807) is 6.08 Å². The van der Waals surface area contributed by atoms with Gasteiger partial charge in [-0.25, -0.2) is 9.37 Å². The highest BCUT2D eigenvalue weighted by Gasteiger charge is 2.10. The maximum atomic E-state index is 13.0. The average molecular weight is 478 g/mol. The van der Waals surface area contributed by atoms with E-state index in [4.69, 9.17) is 0 Å². The summed E-state index contributed by atoms with van der Waals surface area (Å²) in [5, 5.41) is 7.14. The van der Waals surface area contributed by atoms with E-state index in [1.807, 2.05) is 61.5 Å². The van der Waals surface area contributed by atoms with Crippen molar-refractivity contribution in [2.45, 2.75) is 6.54 Å². The van der Waals surface area contributed by atoms with E-state index in [2.05, 4.69) is 27.2 Å². The second-order valence-corrected chi connectivity index (χ2v) is 7.76. The lowest BCUT2D eigenvalue weighted by Crippen LogP contribution is -2.14. The Bertz CT molecular complexity index is 1310. The van der Waals surface area contributed by atoms with Crippen molar-refractivity contribution >= 4 is 52.7 Å². The summed E-state index contributed by atoms with van der Waals surface area (Å²) >= 11 is 0. The first-order chi connectivity index (χ1) is 15.9. The molecule has 0 unspecified atom stereocenters. The number of carbonyl (C=O) groups excluding carboxylic acids is 1. The smallest absolute Gasteiger partial charge is 0.255 e. The standard InChI is InChI=1S/C26H24FN5O.ClH/c1-4-17-7-14-22-23(15-17)30-26(32(2)3)31-24(22)28-16-18-5-12-21(13-6-18)29-25(33)19-8-10-20(27)11-9-19;/h4-15H,1,16H2,2-3H3,(H,29,33)(H,28,30,31);1H. The zero-order valence-electron chi connectivity index (χ0n) is 18.9. The van der Waals surface area contributed by atoms with Gasteiger partial charge in [0, 0.05) is 37.3 Å². The van der Waals surface area contributed by atoms with E-state index in [0.29, 0.717) is 23.7 Å². The molecule has 6 nitrogen and oxygen atoms in total. The molecular formula is C26H25ClFN5O. The van der Waals surface area contributed by atoms with Crippen LogP contribution in [0.15, 0.2) is 73.3 Å². The van der Waals surface area contributed by atoms with Gasteiger partial charge in [0.15, 0.2) is 0 Å². The molecule has 0 fully saturated rings. The Morgan fingerprint density at radius 1 is 1.03 bits per heavy atom. The van der Waals surface area contributed by atoms with Crippen molar-refractivity contribution in [2.75, 3.05) is 29.6 Å². The Balaban J connectivity index is 0.00000324. The molecule has 2 N–H and O–H groups in total. The first-order valence-electron chi connectivity index (χ1n) is 10.4. The Kier molecular flexibility index (Phi) is 7.81. The number of nitrogens with zero attached hydrogens (tertiary/aromatic N) is 3. The second-order valence-electron chi connectivity index (χ2n) is 7.76. The van der Waals surface area contributed by atoms with Gasteiger partial charge >= 0.3 is 0 Å². The molecular weight excluding hydrogens is 453 g/mol. The lowest BCUT2D eigenvalue weighted by molar-refractivity contribution is 0.102. The Hall–Kier alpha value is -3.97. The van der Waals surface area contributed by atoms with Crippen molar-refractivity contribution in [3.05, 3.63) is 95.8 Å². The van der Waals surface area contributed by atoms with Crippen molar-refractivity contribution in [1.29, 1.82) is 0 Å². The number of hydrogen-bond acceptors (Lipinski definition) is 5. The number of amides is 1. The van der Waals surface area contributed by atoms with Crippen molar-refractivity contribution in [1.82, 2.24) is 9.97 Å². The largest absolute Gasteiger partial charge is 0.365 e. The maximum Gasteiger partial charge on any atom is 0.255 e. The molecule has 0 radical (unpaired) electrons. The van der Waals surface area contributed by atoms with E-state index >= 15 is 0 Å². The summed E-state index contributed by atoms with van der Waals surface area (Å²) < 4.78 is 13.0. The van der Waals surface area contributed by atoms with Crippen LogP contribution in [0.25, 0.3) is 17.0 Å². The highest BCUT2D eigenvalue weighted by molar-refractivity contribution is 6.04. The molecule has 0 saturated heterocycles. The molecule has 1 amide bonds. The van der Waals surface area contributed by atoms with Crippen LogP contribution in [-0.2, 0) is 6.54 Å². The fourth-order valence-electron chi connectivity index (χ4n) is 3.29. The summed E-state index contributed by atoms with van der Waals surface area (Å²) in [6, 6.07) is 18.9. The molecule has 0 spiro atoms. The van der Waals surface area contributed by atoms with Gasteiger partial charge < -0.3 is 15.5 Å². The minimum absolute atomic E-state index is 0. The quantitative estimate of drug-likeness (QED) is 0.354. The van der Waals surface area contributed by atoms with E-state index in [-0.39, 0.29) is 24.1 Å². The Morgan fingerprint density at radius 3 is 2.38 bits per heavy atom. The van der Waals surface area contributed by atoms with E-state index < -0.39 is 0 Å². The Morgan fingerprint density at radius 2 is 1.74 bits per heavy atom. The number of aromatic nitrogens is 2. The van der Waals surface area contributed by atoms with Gasteiger partial charge in [-0.1, -0.05) is 30.9 Å². The topological polar surface area (TPSA) is 70.2 Å². The third-order valence-electron chi connectivity index (χ3n) is 5.12. The van der Waals surface area contributed by atoms with Crippen molar-refractivity contribution in [3.63, 3.8) is 0 Å². The van der Waals surface area contributed by atoms with Gasteiger partial charge in [-0.2, -0.15) is 4.98 Å². The summed E-state index contributed by atoms with van der Waals surface area (Å²) in [6.07, 6.45) is 1.79. The minimum Gasteiger partial charge on any atom is -0.365 e. The van der Waals surface area contributed by atoms with E-state index in [1.165, 1.54) is 24.3 Å². The molecule has 4 rings (SSSR count). The lowest BCUT2D eigenvalue weighted by atomic mass is 10.1. The SMILES string of the molecule is C=Cc1ccc2c(NCc3ccc(NC(=O)c4ccc(F)cc4)cc3)nc(N(C)C)nc2c1.Cl. The number of rotatable bonds is 7. The highest BCUT2D eigenvalue weighted by Crippen LogP contribution is 2.25. The predicted molar refractivity (Wildman–Crippen MR) is 139 cm³/mol. The fraction of sp³-hybridized carbons (Fsp3) is 0.115. The number of nitrogens with one attached hydrogen (secondary N) is 2. The van der Waals surface area contributed by atoms with Crippen LogP contribution in [0.4, 0.5) is 21.8 Å². The third kappa shape index (κ3) is 5.68. The van der Waals surface area contributed by atoms with Crippen molar-refractivity contribution < 1.29 is 9.18 Å². The average Bonchev–Trinajstić information content (AvgIpc) is 2.83. The van der Waals surface area contributed by atoms with Crippen LogP contribution in [0.3, 0.4) is 0 Å². The summed E-state index contributed by atoms with van der Waals surface area (Å²) in [6.45, 7) is 4.38. The van der Waals surface area contributed by atoms with Gasteiger partial charge in [0.25, 0.3) is 5.91 Å². The van der Waals surface area contributed by atoms with Crippen LogP contribution in [0, 0.1) is 5.82 Å². The van der Waals surface area contributed by atoms with E-state index in [9.17, 15) is 9.18 Å². The molecule has 1 aromatic heterocycles. The van der Waals surface area contributed by atoms with Crippen LogP contribution in [0.2, 0.25) is 0 Å². The molecule has 0 saturated carbocycles.